The van der Waals surface area contributed by atoms with Crippen molar-refractivity contribution < 1.29 is 4.39 Å². The van der Waals surface area contributed by atoms with Crippen LogP contribution < -0.4 is 10.6 Å². The van der Waals surface area contributed by atoms with E-state index in [4.69, 9.17) is 0 Å². The number of halogens is 2. The molecule has 1 unspecified atom stereocenters. The van der Waals surface area contributed by atoms with Gasteiger partial charge in [0.05, 0.1) is 12.2 Å². The molecule has 0 bridgehead atoms. The summed E-state index contributed by atoms with van der Waals surface area (Å²) in [7, 11) is 1.71. The Morgan fingerprint density at radius 1 is 1.32 bits per heavy atom. The van der Waals surface area contributed by atoms with Crippen LogP contribution in [0, 0.1) is 11.7 Å². The molecule has 22 heavy (non-hydrogen) atoms. The van der Waals surface area contributed by atoms with E-state index in [1.807, 2.05) is 0 Å². The fraction of sp³-hybridized carbons (Fsp3) is 0.625. The van der Waals surface area contributed by atoms with Crippen LogP contribution in [0.1, 0.15) is 45.7 Å². The summed E-state index contributed by atoms with van der Waals surface area (Å²) < 4.78 is 13.5. The molecule has 1 rings (SSSR count). The van der Waals surface area contributed by atoms with Gasteiger partial charge in [-0.2, -0.15) is 0 Å². The smallest absolute Gasteiger partial charge is 0.191 e. The number of hydrogen-bond donors (Lipinski definition) is 2. The average molecular weight is 422 g/mol. The van der Waals surface area contributed by atoms with Gasteiger partial charge in [0.15, 0.2) is 5.96 Å². The van der Waals surface area contributed by atoms with Gasteiger partial charge in [-0.1, -0.05) is 26.7 Å². The largest absolute Gasteiger partial charge is 0.354 e. The molecule has 0 saturated carbocycles. The van der Waals surface area contributed by atoms with Gasteiger partial charge in [-0.3, -0.25) is 9.98 Å². The molecule has 0 saturated heterocycles. The standard InChI is InChI=1S/C16H27FN4.HI/c1-12(2)7-5-8-13(3)21-16(18-4)20-11-15-14(17)9-6-10-19-15;/h6,9-10,12-13H,5,7-8,11H2,1-4H3,(H2,18,20,21);1H. The molecule has 126 valence electrons. The molecule has 4 nitrogen and oxygen atoms in total. The summed E-state index contributed by atoms with van der Waals surface area (Å²) in [5, 5.41) is 6.41. The molecule has 1 atom stereocenters. The second kappa shape index (κ2) is 11.6. The third kappa shape index (κ3) is 8.51. The number of pyridine rings is 1. The van der Waals surface area contributed by atoms with Gasteiger partial charge in [0.2, 0.25) is 0 Å². The van der Waals surface area contributed by atoms with Crippen molar-refractivity contribution in [3.63, 3.8) is 0 Å². The van der Waals surface area contributed by atoms with Crippen LogP contribution in [0.15, 0.2) is 23.3 Å². The lowest BCUT2D eigenvalue weighted by Crippen LogP contribution is -2.42. The first-order valence-corrected chi connectivity index (χ1v) is 7.59. The van der Waals surface area contributed by atoms with Crippen molar-refractivity contribution >= 4 is 29.9 Å². The van der Waals surface area contributed by atoms with E-state index in [1.54, 1.807) is 19.3 Å². The maximum atomic E-state index is 13.5. The highest BCUT2D eigenvalue weighted by atomic mass is 127. The lowest BCUT2D eigenvalue weighted by Gasteiger charge is -2.18. The molecule has 0 aromatic carbocycles. The highest BCUT2D eigenvalue weighted by molar-refractivity contribution is 14.0. The number of aliphatic imine (C=N–C) groups is 1. The summed E-state index contributed by atoms with van der Waals surface area (Å²) in [6.07, 6.45) is 5.11. The van der Waals surface area contributed by atoms with Gasteiger partial charge in [0.25, 0.3) is 0 Å². The van der Waals surface area contributed by atoms with E-state index < -0.39 is 0 Å². The SMILES string of the molecule is CN=C(NCc1ncccc1F)NC(C)CCCC(C)C.I. The van der Waals surface area contributed by atoms with Crippen LogP contribution in [0.2, 0.25) is 0 Å². The zero-order chi connectivity index (χ0) is 15.7. The Kier molecular flexibility index (Phi) is 11.1. The second-order valence-corrected chi connectivity index (χ2v) is 5.73. The number of rotatable bonds is 7. The molecule has 0 aliphatic rings. The third-order valence-electron chi connectivity index (χ3n) is 3.28. The quantitative estimate of drug-likeness (QED) is 0.400. The van der Waals surface area contributed by atoms with Crippen molar-refractivity contribution in [3.05, 3.63) is 29.8 Å². The molecule has 2 N–H and O–H groups in total. The number of hydrogen-bond acceptors (Lipinski definition) is 2. The molecule has 1 aromatic rings. The lowest BCUT2D eigenvalue weighted by atomic mass is 10.0. The zero-order valence-corrected chi connectivity index (χ0v) is 16.2. The van der Waals surface area contributed by atoms with Gasteiger partial charge in [-0.05, 0) is 31.4 Å². The van der Waals surface area contributed by atoms with E-state index in [-0.39, 0.29) is 29.8 Å². The summed E-state index contributed by atoms with van der Waals surface area (Å²) in [5.74, 6) is 1.12. The Morgan fingerprint density at radius 3 is 2.64 bits per heavy atom. The summed E-state index contributed by atoms with van der Waals surface area (Å²) in [4.78, 5) is 8.17. The summed E-state index contributed by atoms with van der Waals surface area (Å²) >= 11 is 0. The van der Waals surface area contributed by atoms with Gasteiger partial charge < -0.3 is 10.6 Å². The van der Waals surface area contributed by atoms with Crippen LogP contribution in [-0.4, -0.2) is 24.0 Å². The van der Waals surface area contributed by atoms with E-state index in [0.717, 1.165) is 12.3 Å². The van der Waals surface area contributed by atoms with Crippen molar-refractivity contribution in [1.82, 2.24) is 15.6 Å². The lowest BCUT2D eigenvalue weighted by molar-refractivity contribution is 0.491. The van der Waals surface area contributed by atoms with Gasteiger partial charge in [-0.15, -0.1) is 24.0 Å². The fourth-order valence-electron chi connectivity index (χ4n) is 2.05. The van der Waals surface area contributed by atoms with Gasteiger partial charge >= 0.3 is 0 Å². The predicted molar refractivity (Wildman–Crippen MR) is 101 cm³/mol. The molecule has 1 aromatic heterocycles. The van der Waals surface area contributed by atoms with Gasteiger partial charge in [0.1, 0.15) is 5.82 Å². The first-order chi connectivity index (χ1) is 10.0. The van der Waals surface area contributed by atoms with Crippen LogP contribution in [0.3, 0.4) is 0 Å². The molecule has 0 fully saturated rings. The van der Waals surface area contributed by atoms with Crippen LogP contribution in [0.4, 0.5) is 4.39 Å². The van der Waals surface area contributed by atoms with Crippen molar-refractivity contribution in [1.29, 1.82) is 0 Å². The number of nitrogens with zero attached hydrogens (tertiary/aromatic N) is 2. The zero-order valence-electron chi connectivity index (χ0n) is 13.9. The van der Waals surface area contributed by atoms with Gasteiger partial charge in [-0.25, -0.2) is 4.39 Å². The number of nitrogens with one attached hydrogen (secondary N) is 2. The maximum absolute atomic E-state index is 13.5. The molecule has 0 amide bonds. The summed E-state index contributed by atoms with van der Waals surface area (Å²) in [6, 6.07) is 3.33. The summed E-state index contributed by atoms with van der Waals surface area (Å²) in [6.45, 7) is 6.93. The first-order valence-electron chi connectivity index (χ1n) is 7.59. The fourth-order valence-corrected chi connectivity index (χ4v) is 2.05. The normalized spacial score (nSPS) is 12.7. The Hall–Kier alpha value is -0.920. The molecule has 0 aliphatic heterocycles. The number of aromatic nitrogens is 1. The van der Waals surface area contributed by atoms with E-state index in [9.17, 15) is 4.39 Å². The first kappa shape index (κ1) is 21.1. The molecule has 0 radical (unpaired) electrons. The Labute approximate surface area is 150 Å². The third-order valence-corrected chi connectivity index (χ3v) is 3.28. The Morgan fingerprint density at radius 2 is 2.05 bits per heavy atom. The minimum Gasteiger partial charge on any atom is -0.354 e. The van der Waals surface area contributed by atoms with Crippen LogP contribution >= 0.6 is 24.0 Å². The molecule has 0 aliphatic carbocycles. The summed E-state index contributed by atoms with van der Waals surface area (Å²) in [5.41, 5.74) is 0.396. The molecule has 0 spiro atoms. The molecular formula is C16H28FIN4. The number of guanidine groups is 1. The highest BCUT2D eigenvalue weighted by Crippen LogP contribution is 2.08. The Bertz CT molecular complexity index is 452. The van der Waals surface area contributed by atoms with E-state index >= 15 is 0 Å². The minimum atomic E-state index is -0.301. The van der Waals surface area contributed by atoms with Crippen LogP contribution in [0.5, 0.6) is 0 Å². The Balaban J connectivity index is 0.00000441. The predicted octanol–water partition coefficient (Wildman–Crippen LogP) is 3.72. The van der Waals surface area contributed by atoms with Crippen LogP contribution in [0.25, 0.3) is 0 Å². The average Bonchev–Trinajstić information content (AvgIpc) is 2.44. The van der Waals surface area contributed by atoms with E-state index in [2.05, 4.69) is 41.4 Å². The van der Waals surface area contributed by atoms with Crippen molar-refractivity contribution in [3.8, 4) is 0 Å². The molecular weight excluding hydrogens is 394 g/mol. The van der Waals surface area contributed by atoms with Crippen LogP contribution in [-0.2, 0) is 6.54 Å². The van der Waals surface area contributed by atoms with Crippen molar-refractivity contribution in [2.75, 3.05) is 7.05 Å². The van der Waals surface area contributed by atoms with E-state index in [0.29, 0.717) is 24.2 Å². The van der Waals surface area contributed by atoms with Crippen molar-refractivity contribution in [2.45, 2.75) is 52.6 Å². The maximum Gasteiger partial charge on any atom is 0.191 e. The van der Waals surface area contributed by atoms with E-state index in [1.165, 1.54) is 18.9 Å². The second-order valence-electron chi connectivity index (χ2n) is 5.73. The highest BCUT2D eigenvalue weighted by Gasteiger charge is 2.07. The molecule has 6 heteroatoms. The topological polar surface area (TPSA) is 49.3 Å². The molecule has 1 heterocycles. The van der Waals surface area contributed by atoms with Crippen molar-refractivity contribution in [2.24, 2.45) is 10.9 Å². The van der Waals surface area contributed by atoms with Gasteiger partial charge in [0, 0.05) is 19.3 Å². The minimum absolute atomic E-state index is 0. The monoisotopic (exact) mass is 422 g/mol.